The Labute approximate surface area is 154 Å². The van der Waals surface area contributed by atoms with Crippen molar-refractivity contribution in [3.63, 3.8) is 0 Å². The second-order valence-electron chi connectivity index (χ2n) is 6.65. The summed E-state index contributed by atoms with van der Waals surface area (Å²) in [5.41, 5.74) is 2.58. The van der Waals surface area contributed by atoms with Gasteiger partial charge in [-0.25, -0.2) is 4.98 Å². The number of anilines is 1. The third kappa shape index (κ3) is 3.93. The average molecular weight is 351 g/mol. The first-order valence-electron chi connectivity index (χ1n) is 9.25. The largest absolute Gasteiger partial charge is 0.337 e. The van der Waals surface area contributed by atoms with Gasteiger partial charge in [0.1, 0.15) is 11.4 Å². The third-order valence-electron chi connectivity index (χ3n) is 4.71. The van der Waals surface area contributed by atoms with Gasteiger partial charge in [-0.3, -0.25) is 9.59 Å². The van der Waals surface area contributed by atoms with Crippen LogP contribution in [0.1, 0.15) is 52.7 Å². The summed E-state index contributed by atoms with van der Waals surface area (Å²) in [5, 5.41) is 0. The highest BCUT2D eigenvalue weighted by atomic mass is 16.2. The second-order valence-corrected chi connectivity index (χ2v) is 6.65. The zero-order valence-electron chi connectivity index (χ0n) is 15.4. The Morgan fingerprint density at radius 1 is 1.04 bits per heavy atom. The van der Waals surface area contributed by atoms with Crippen LogP contribution in [0.15, 0.2) is 42.5 Å². The van der Waals surface area contributed by atoms with Gasteiger partial charge in [-0.2, -0.15) is 0 Å². The molecular weight excluding hydrogens is 326 g/mol. The number of aromatic nitrogens is 1. The van der Waals surface area contributed by atoms with Gasteiger partial charge in [0.15, 0.2) is 0 Å². The van der Waals surface area contributed by atoms with Crippen LogP contribution < -0.4 is 4.90 Å². The summed E-state index contributed by atoms with van der Waals surface area (Å²) in [6.07, 6.45) is 3.22. The molecule has 0 unspecified atom stereocenters. The fraction of sp³-hybridized carbons (Fsp3) is 0.381. The number of carbonyl (C=O) groups excluding carboxylic acids is 2. The molecule has 0 atom stereocenters. The van der Waals surface area contributed by atoms with Crippen LogP contribution in [-0.2, 0) is 0 Å². The van der Waals surface area contributed by atoms with Crippen LogP contribution in [0, 0.1) is 6.92 Å². The molecule has 136 valence electrons. The van der Waals surface area contributed by atoms with Gasteiger partial charge in [-0.05, 0) is 62.9 Å². The standard InChI is InChI=1S/C21H25N3O2/c1-3-24(17-10-7-9-16(2)15-17)21(26)19-12-8-11-18(22-19)20(25)23-13-5-4-6-14-23/h7-12,15H,3-6,13-14H2,1-2H3. The van der Waals surface area contributed by atoms with Gasteiger partial charge in [0.2, 0.25) is 0 Å². The van der Waals surface area contributed by atoms with Crippen molar-refractivity contribution < 1.29 is 9.59 Å². The number of likely N-dealkylation sites (tertiary alicyclic amines) is 1. The molecule has 2 heterocycles. The molecule has 1 saturated heterocycles. The average Bonchev–Trinajstić information content (AvgIpc) is 2.69. The van der Waals surface area contributed by atoms with E-state index < -0.39 is 0 Å². The molecule has 0 aliphatic carbocycles. The van der Waals surface area contributed by atoms with Crippen LogP contribution in [0.25, 0.3) is 0 Å². The van der Waals surface area contributed by atoms with E-state index in [1.807, 2.05) is 43.0 Å². The van der Waals surface area contributed by atoms with Gasteiger partial charge in [0.05, 0.1) is 0 Å². The van der Waals surface area contributed by atoms with Crippen LogP contribution in [0.2, 0.25) is 0 Å². The first-order valence-corrected chi connectivity index (χ1v) is 9.25. The van der Waals surface area contributed by atoms with E-state index in [-0.39, 0.29) is 11.8 Å². The lowest BCUT2D eigenvalue weighted by molar-refractivity contribution is 0.0718. The Morgan fingerprint density at radius 2 is 1.73 bits per heavy atom. The second kappa shape index (κ2) is 8.13. The van der Waals surface area contributed by atoms with Crippen molar-refractivity contribution in [2.75, 3.05) is 24.5 Å². The van der Waals surface area contributed by atoms with Gasteiger partial charge in [0.25, 0.3) is 11.8 Å². The summed E-state index contributed by atoms with van der Waals surface area (Å²) in [6, 6.07) is 12.9. The Morgan fingerprint density at radius 3 is 2.42 bits per heavy atom. The molecule has 26 heavy (non-hydrogen) atoms. The molecule has 1 aliphatic rings. The van der Waals surface area contributed by atoms with Crippen molar-refractivity contribution in [1.82, 2.24) is 9.88 Å². The summed E-state index contributed by atoms with van der Waals surface area (Å²) in [6.45, 7) is 6.00. The molecule has 0 spiro atoms. The lowest BCUT2D eigenvalue weighted by atomic mass is 10.1. The summed E-state index contributed by atoms with van der Waals surface area (Å²) in [4.78, 5) is 33.5. The lowest BCUT2D eigenvalue weighted by Gasteiger charge is -2.26. The highest BCUT2D eigenvalue weighted by Gasteiger charge is 2.22. The van der Waals surface area contributed by atoms with E-state index in [1.165, 1.54) is 0 Å². The quantitative estimate of drug-likeness (QED) is 0.844. The zero-order valence-corrected chi connectivity index (χ0v) is 15.4. The Balaban J connectivity index is 1.84. The maximum Gasteiger partial charge on any atom is 0.276 e. The van der Waals surface area contributed by atoms with E-state index in [0.29, 0.717) is 17.9 Å². The van der Waals surface area contributed by atoms with Crippen molar-refractivity contribution in [3.8, 4) is 0 Å². The third-order valence-corrected chi connectivity index (χ3v) is 4.71. The van der Waals surface area contributed by atoms with E-state index in [9.17, 15) is 9.59 Å². The van der Waals surface area contributed by atoms with Gasteiger partial charge in [0, 0.05) is 25.3 Å². The van der Waals surface area contributed by atoms with Crippen molar-refractivity contribution in [3.05, 3.63) is 59.4 Å². The molecule has 2 amide bonds. The first-order chi connectivity index (χ1) is 12.6. The van der Waals surface area contributed by atoms with E-state index in [4.69, 9.17) is 0 Å². The number of hydrogen-bond acceptors (Lipinski definition) is 3. The van der Waals surface area contributed by atoms with Crippen LogP contribution in [-0.4, -0.2) is 41.3 Å². The molecule has 0 radical (unpaired) electrons. The van der Waals surface area contributed by atoms with Crippen LogP contribution >= 0.6 is 0 Å². The molecule has 3 rings (SSSR count). The Kier molecular flexibility index (Phi) is 5.66. The molecule has 1 aliphatic heterocycles. The molecule has 0 N–H and O–H groups in total. The van der Waals surface area contributed by atoms with E-state index in [0.717, 1.165) is 43.6 Å². The number of benzene rings is 1. The Hall–Kier alpha value is -2.69. The predicted molar refractivity (Wildman–Crippen MR) is 103 cm³/mol. The zero-order chi connectivity index (χ0) is 18.5. The van der Waals surface area contributed by atoms with Gasteiger partial charge >= 0.3 is 0 Å². The number of pyridine rings is 1. The summed E-state index contributed by atoms with van der Waals surface area (Å²) >= 11 is 0. The Bertz CT molecular complexity index is 797. The van der Waals surface area contributed by atoms with Gasteiger partial charge in [-0.1, -0.05) is 18.2 Å². The molecule has 1 aromatic carbocycles. The predicted octanol–water partition coefficient (Wildman–Crippen LogP) is 3.68. The molecule has 5 nitrogen and oxygen atoms in total. The van der Waals surface area contributed by atoms with E-state index in [1.54, 1.807) is 23.1 Å². The van der Waals surface area contributed by atoms with Crippen LogP contribution in [0.4, 0.5) is 5.69 Å². The first kappa shape index (κ1) is 18.1. The van der Waals surface area contributed by atoms with Crippen molar-refractivity contribution in [1.29, 1.82) is 0 Å². The minimum Gasteiger partial charge on any atom is -0.337 e. The van der Waals surface area contributed by atoms with E-state index >= 15 is 0 Å². The highest BCUT2D eigenvalue weighted by molar-refractivity contribution is 6.05. The molecule has 0 saturated carbocycles. The number of piperidine rings is 1. The molecule has 5 heteroatoms. The molecule has 1 aromatic heterocycles. The fourth-order valence-electron chi connectivity index (χ4n) is 3.31. The number of amides is 2. The lowest BCUT2D eigenvalue weighted by Crippen LogP contribution is -2.36. The number of rotatable bonds is 4. The van der Waals surface area contributed by atoms with Crippen molar-refractivity contribution in [2.45, 2.75) is 33.1 Å². The SMILES string of the molecule is CCN(C(=O)c1cccc(C(=O)N2CCCCC2)n1)c1cccc(C)c1. The normalized spacial score (nSPS) is 14.2. The number of hydrogen-bond donors (Lipinski definition) is 0. The van der Waals surface area contributed by atoms with Crippen molar-refractivity contribution >= 4 is 17.5 Å². The summed E-state index contributed by atoms with van der Waals surface area (Å²) in [5.74, 6) is -0.274. The molecule has 0 bridgehead atoms. The highest BCUT2D eigenvalue weighted by Crippen LogP contribution is 2.19. The monoisotopic (exact) mass is 351 g/mol. The van der Waals surface area contributed by atoms with Crippen molar-refractivity contribution in [2.24, 2.45) is 0 Å². The summed E-state index contributed by atoms with van der Waals surface area (Å²) in [7, 11) is 0. The minimum absolute atomic E-state index is 0.0852. The fourth-order valence-corrected chi connectivity index (χ4v) is 3.31. The molecular formula is C21H25N3O2. The maximum absolute atomic E-state index is 13.0. The smallest absolute Gasteiger partial charge is 0.276 e. The number of aryl methyl sites for hydroxylation is 1. The maximum atomic E-state index is 13.0. The van der Waals surface area contributed by atoms with Crippen LogP contribution in [0.5, 0.6) is 0 Å². The van der Waals surface area contributed by atoms with Crippen LogP contribution in [0.3, 0.4) is 0 Å². The topological polar surface area (TPSA) is 53.5 Å². The van der Waals surface area contributed by atoms with E-state index in [2.05, 4.69) is 4.98 Å². The summed E-state index contributed by atoms with van der Waals surface area (Å²) < 4.78 is 0. The number of nitrogens with zero attached hydrogens (tertiary/aromatic N) is 3. The molecule has 2 aromatic rings. The minimum atomic E-state index is -0.189. The molecule has 1 fully saturated rings. The number of carbonyl (C=O) groups is 2. The van der Waals surface area contributed by atoms with Gasteiger partial charge < -0.3 is 9.80 Å². The van der Waals surface area contributed by atoms with Gasteiger partial charge in [-0.15, -0.1) is 0 Å².